The number of rotatable bonds is 7. The normalized spacial score (nSPS) is 17.2. The minimum Gasteiger partial charge on any atom is -0.363 e. The average molecular weight is 486 g/mol. The van der Waals surface area contributed by atoms with Crippen molar-refractivity contribution in [2.75, 3.05) is 5.32 Å². The lowest BCUT2D eigenvalue weighted by Gasteiger charge is -2.38. The van der Waals surface area contributed by atoms with Crippen LogP contribution in [-0.2, 0) is 11.0 Å². The third-order valence-electron chi connectivity index (χ3n) is 7.93. The molecule has 35 heavy (non-hydrogen) atoms. The first-order valence-corrected chi connectivity index (χ1v) is 13.5. The summed E-state index contributed by atoms with van der Waals surface area (Å²) >= 11 is 1.83. The largest absolute Gasteiger partial charge is 0.363 e. The maximum Gasteiger partial charge on any atom is 0.169 e. The Morgan fingerprint density at radius 3 is 2.49 bits per heavy atom. The summed E-state index contributed by atoms with van der Waals surface area (Å²) < 4.78 is 3.34. The molecule has 4 aromatic rings. The fourth-order valence-electron chi connectivity index (χ4n) is 5.70. The van der Waals surface area contributed by atoms with Gasteiger partial charge in [0.05, 0.1) is 22.8 Å². The molecule has 0 radical (unpaired) electrons. The summed E-state index contributed by atoms with van der Waals surface area (Å²) in [5.74, 6) is 1.05. The van der Waals surface area contributed by atoms with Gasteiger partial charge in [-0.05, 0) is 63.1 Å². The molecule has 2 aromatic heterocycles. The van der Waals surface area contributed by atoms with Crippen LogP contribution >= 0.6 is 11.3 Å². The van der Waals surface area contributed by atoms with Crippen LogP contribution in [0.15, 0.2) is 60.7 Å². The zero-order valence-corrected chi connectivity index (χ0v) is 22.2. The second-order valence-corrected chi connectivity index (χ2v) is 11.7. The van der Waals surface area contributed by atoms with Crippen molar-refractivity contribution in [2.24, 2.45) is 0 Å². The lowest BCUT2D eigenvalue weighted by Crippen LogP contribution is -2.38. The summed E-state index contributed by atoms with van der Waals surface area (Å²) in [4.78, 5) is 15.4. The van der Waals surface area contributed by atoms with E-state index in [0.29, 0.717) is 6.42 Å². The number of aryl methyl sites for hydroxylation is 1. The number of fused-ring (bicyclic) bond motifs is 2. The molecule has 0 spiro atoms. The number of aromatic nitrogens is 2. The monoisotopic (exact) mass is 485 g/mol. The highest BCUT2D eigenvalue weighted by molar-refractivity contribution is 7.19. The molecule has 5 heteroatoms. The fraction of sp³-hybridized carbons (Fsp3) is 0.400. The van der Waals surface area contributed by atoms with Gasteiger partial charge < -0.3 is 5.32 Å². The number of nitrogens with one attached hydrogen (secondary N) is 1. The van der Waals surface area contributed by atoms with E-state index in [2.05, 4.69) is 87.6 Å². The van der Waals surface area contributed by atoms with Crippen LogP contribution in [0.25, 0.3) is 10.1 Å². The number of hydrogen-bond donors (Lipinski definition) is 1. The van der Waals surface area contributed by atoms with Crippen molar-refractivity contribution >= 4 is 33.0 Å². The first kappa shape index (κ1) is 23.8. The molecular weight excluding hydrogens is 450 g/mol. The standard InChI is InChI=1S/C30H35N3OS/c1-6-30(7-2,26-17-22-15-11-12-16-25(22)35-26)19-24(34)27-20(3)32-33-28(27)31-23(18-29(33,4)5)21-13-9-8-10-14-21/h8-17,23,31H,6-7,18-19H2,1-5H3. The van der Waals surface area contributed by atoms with Crippen molar-refractivity contribution in [1.82, 2.24) is 9.78 Å². The van der Waals surface area contributed by atoms with Gasteiger partial charge in [0.15, 0.2) is 5.78 Å². The Kier molecular flexibility index (Phi) is 6.08. The summed E-state index contributed by atoms with van der Waals surface area (Å²) in [5.41, 5.74) is 2.45. The molecule has 1 aliphatic heterocycles. The summed E-state index contributed by atoms with van der Waals surface area (Å²) in [6.45, 7) is 10.8. The van der Waals surface area contributed by atoms with Crippen LogP contribution in [0.5, 0.6) is 0 Å². The fourth-order valence-corrected chi connectivity index (χ4v) is 7.09. The van der Waals surface area contributed by atoms with Gasteiger partial charge in [-0.3, -0.25) is 4.79 Å². The van der Waals surface area contributed by atoms with E-state index in [9.17, 15) is 4.79 Å². The first-order valence-electron chi connectivity index (χ1n) is 12.7. The lowest BCUT2D eigenvalue weighted by molar-refractivity contribution is 0.0945. The average Bonchev–Trinajstić information content (AvgIpc) is 3.44. The molecule has 1 atom stereocenters. The van der Waals surface area contributed by atoms with E-state index < -0.39 is 0 Å². The Morgan fingerprint density at radius 1 is 1.11 bits per heavy atom. The molecule has 0 aliphatic carbocycles. The van der Waals surface area contributed by atoms with Gasteiger partial charge >= 0.3 is 0 Å². The maximum atomic E-state index is 14.1. The third-order valence-corrected chi connectivity index (χ3v) is 9.29. The number of ketones is 1. The smallest absolute Gasteiger partial charge is 0.169 e. The zero-order valence-electron chi connectivity index (χ0n) is 21.4. The molecule has 1 aliphatic rings. The summed E-state index contributed by atoms with van der Waals surface area (Å²) in [6, 6.07) is 21.5. The Bertz CT molecular complexity index is 1330. The molecule has 1 unspecified atom stereocenters. The minimum absolute atomic E-state index is 0.144. The Balaban J connectivity index is 1.53. The van der Waals surface area contributed by atoms with Crippen LogP contribution in [0.3, 0.4) is 0 Å². The number of nitrogens with zero attached hydrogens (tertiary/aromatic N) is 2. The second-order valence-electron chi connectivity index (χ2n) is 10.6. The number of hydrogen-bond acceptors (Lipinski definition) is 4. The molecule has 3 heterocycles. The molecular formula is C30H35N3OS. The number of carbonyl (C=O) groups is 1. The highest BCUT2D eigenvalue weighted by atomic mass is 32.1. The van der Waals surface area contributed by atoms with Crippen LogP contribution in [-0.4, -0.2) is 15.6 Å². The topological polar surface area (TPSA) is 46.9 Å². The number of carbonyl (C=O) groups excluding carboxylic acids is 1. The van der Waals surface area contributed by atoms with Gasteiger partial charge in [0.25, 0.3) is 0 Å². The molecule has 0 saturated heterocycles. The Labute approximate surface area is 212 Å². The first-order chi connectivity index (χ1) is 16.8. The number of Topliss-reactive ketones (excluding diaryl/α,β-unsaturated/α-hetero) is 1. The van der Waals surface area contributed by atoms with Crippen LogP contribution in [0.2, 0.25) is 0 Å². The van der Waals surface area contributed by atoms with Crippen LogP contribution < -0.4 is 5.32 Å². The highest BCUT2D eigenvalue weighted by Crippen LogP contribution is 2.45. The van der Waals surface area contributed by atoms with Crippen molar-refractivity contribution in [3.05, 3.63) is 82.4 Å². The van der Waals surface area contributed by atoms with Gasteiger partial charge in [-0.2, -0.15) is 5.10 Å². The molecule has 4 nitrogen and oxygen atoms in total. The quantitative estimate of drug-likeness (QED) is 0.270. The Hall–Kier alpha value is -2.92. The lowest BCUT2D eigenvalue weighted by atomic mass is 9.75. The van der Waals surface area contributed by atoms with Crippen LogP contribution in [0.4, 0.5) is 5.82 Å². The van der Waals surface area contributed by atoms with Gasteiger partial charge in [-0.15, -0.1) is 11.3 Å². The van der Waals surface area contributed by atoms with Crippen molar-refractivity contribution < 1.29 is 4.79 Å². The van der Waals surface area contributed by atoms with Crippen molar-refractivity contribution in [3.63, 3.8) is 0 Å². The number of anilines is 1. The van der Waals surface area contributed by atoms with Gasteiger partial charge in [-0.25, -0.2) is 4.68 Å². The van der Waals surface area contributed by atoms with E-state index in [4.69, 9.17) is 5.10 Å². The van der Waals surface area contributed by atoms with Crippen molar-refractivity contribution in [1.29, 1.82) is 0 Å². The summed E-state index contributed by atoms with van der Waals surface area (Å²) in [5, 5.41) is 9.85. The molecule has 2 aromatic carbocycles. The van der Waals surface area contributed by atoms with Gasteiger partial charge in [0.2, 0.25) is 0 Å². The van der Waals surface area contributed by atoms with Gasteiger partial charge in [0.1, 0.15) is 5.82 Å². The van der Waals surface area contributed by atoms with E-state index in [1.807, 2.05) is 29.0 Å². The SMILES string of the molecule is CCC(CC)(CC(=O)c1c(C)nn2c1NC(c1ccccc1)CC2(C)C)c1cc2ccccc2s1. The highest BCUT2D eigenvalue weighted by Gasteiger charge is 2.40. The summed E-state index contributed by atoms with van der Waals surface area (Å²) in [7, 11) is 0. The van der Waals surface area contributed by atoms with Crippen molar-refractivity contribution in [3.8, 4) is 0 Å². The molecule has 0 saturated carbocycles. The van der Waals surface area contributed by atoms with E-state index in [-0.39, 0.29) is 22.8 Å². The van der Waals surface area contributed by atoms with Gasteiger partial charge in [0, 0.05) is 21.4 Å². The zero-order chi connectivity index (χ0) is 24.8. The van der Waals surface area contributed by atoms with E-state index in [1.165, 1.54) is 20.5 Å². The molecule has 5 rings (SSSR count). The second kappa shape index (κ2) is 8.94. The Morgan fingerprint density at radius 2 is 1.80 bits per heavy atom. The molecule has 1 N–H and O–H groups in total. The van der Waals surface area contributed by atoms with E-state index in [1.54, 1.807) is 0 Å². The van der Waals surface area contributed by atoms with E-state index in [0.717, 1.165) is 36.3 Å². The maximum absolute atomic E-state index is 14.1. The summed E-state index contributed by atoms with van der Waals surface area (Å²) in [6.07, 6.45) is 3.26. The number of benzene rings is 2. The number of thiophene rings is 1. The third kappa shape index (κ3) is 4.10. The molecule has 0 bridgehead atoms. The van der Waals surface area contributed by atoms with Crippen LogP contribution in [0, 0.1) is 6.92 Å². The predicted octanol–water partition coefficient (Wildman–Crippen LogP) is 8.03. The van der Waals surface area contributed by atoms with E-state index >= 15 is 0 Å². The van der Waals surface area contributed by atoms with Gasteiger partial charge in [-0.1, -0.05) is 62.4 Å². The van der Waals surface area contributed by atoms with Crippen molar-refractivity contribution in [2.45, 2.75) is 77.3 Å². The predicted molar refractivity (Wildman–Crippen MR) is 147 cm³/mol. The molecule has 0 fully saturated rings. The van der Waals surface area contributed by atoms with Crippen LogP contribution in [0.1, 0.15) is 85.9 Å². The molecule has 0 amide bonds. The minimum atomic E-state index is -0.192. The molecule has 182 valence electrons.